The number of hydrazine groups is 1. The van der Waals surface area contributed by atoms with Crippen molar-refractivity contribution in [1.29, 1.82) is 0 Å². The molecule has 0 spiro atoms. The number of rotatable bonds is 11. The van der Waals surface area contributed by atoms with E-state index in [0.29, 0.717) is 12.1 Å². The van der Waals surface area contributed by atoms with Gasteiger partial charge in [-0.3, -0.25) is 24.3 Å². The number of ether oxygens (including phenoxy) is 2. The number of anilines is 1. The van der Waals surface area contributed by atoms with Crippen LogP contribution in [0.5, 0.6) is 0 Å². The molecule has 1 saturated heterocycles. The highest BCUT2D eigenvalue weighted by Gasteiger charge is 2.49. The van der Waals surface area contributed by atoms with Gasteiger partial charge in [0.15, 0.2) is 0 Å². The predicted octanol–water partition coefficient (Wildman–Crippen LogP) is 4.62. The fraction of sp³-hybridized carbons (Fsp3) is 0.312. The third-order valence-corrected chi connectivity index (χ3v) is 6.38. The van der Waals surface area contributed by atoms with Crippen molar-refractivity contribution in [3.63, 3.8) is 0 Å². The van der Waals surface area contributed by atoms with E-state index in [4.69, 9.17) is 9.47 Å². The van der Waals surface area contributed by atoms with Crippen LogP contribution in [-0.4, -0.2) is 59.0 Å². The van der Waals surface area contributed by atoms with Gasteiger partial charge in [0, 0.05) is 6.54 Å². The smallest absolute Gasteiger partial charge is 0.410 e. The Balaban J connectivity index is 1.50. The average molecular weight is 558 g/mol. The summed E-state index contributed by atoms with van der Waals surface area (Å²) in [7, 11) is 0. The molecule has 214 valence electrons. The third-order valence-electron chi connectivity index (χ3n) is 6.38. The normalized spacial score (nSPS) is 13.4. The van der Waals surface area contributed by atoms with Crippen molar-refractivity contribution in [2.75, 3.05) is 24.6 Å². The monoisotopic (exact) mass is 557 g/mol. The molecule has 0 bridgehead atoms. The second kappa shape index (κ2) is 13.1. The minimum atomic E-state index is -0.780. The molecule has 3 amide bonds. The molecule has 1 fully saturated rings. The zero-order valence-corrected chi connectivity index (χ0v) is 23.6. The Morgan fingerprint density at radius 3 is 1.88 bits per heavy atom. The van der Waals surface area contributed by atoms with E-state index >= 15 is 0 Å². The summed E-state index contributed by atoms with van der Waals surface area (Å²) in [6.45, 7) is 4.95. The zero-order valence-electron chi connectivity index (χ0n) is 23.6. The topological polar surface area (TPSA) is 96.5 Å². The van der Waals surface area contributed by atoms with Gasteiger partial charge in [-0.05, 0) is 50.5 Å². The van der Waals surface area contributed by atoms with Gasteiger partial charge in [0.1, 0.15) is 24.7 Å². The Hall–Kier alpha value is -4.66. The number of esters is 1. The molecule has 9 nitrogen and oxygen atoms in total. The maximum Gasteiger partial charge on any atom is 0.410 e. The van der Waals surface area contributed by atoms with E-state index in [1.165, 1.54) is 4.90 Å². The number of hydrogen-bond donors (Lipinski definition) is 0. The highest BCUT2D eigenvalue weighted by molar-refractivity contribution is 6.18. The molecule has 41 heavy (non-hydrogen) atoms. The number of para-hydroxylation sites is 1. The van der Waals surface area contributed by atoms with Crippen LogP contribution in [0.1, 0.15) is 31.9 Å². The van der Waals surface area contributed by atoms with Gasteiger partial charge in [0.2, 0.25) is 0 Å². The SMILES string of the molecule is CC(C)(C)OC(=O)CN(CCN(c1ccccc1)N1C(=O)C(Cc2ccccc2)C1=O)C(=O)OCc1ccccc1. The van der Waals surface area contributed by atoms with Gasteiger partial charge in [0.25, 0.3) is 11.8 Å². The van der Waals surface area contributed by atoms with Crippen molar-refractivity contribution in [2.24, 2.45) is 5.92 Å². The van der Waals surface area contributed by atoms with Crippen molar-refractivity contribution in [3.8, 4) is 0 Å². The zero-order chi connectivity index (χ0) is 29.4. The minimum absolute atomic E-state index is 0.0117. The molecule has 0 radical (unpaired) electrons. The Bertz CT molecular complexity index is 1330. The van der Waals surface area contributed by atoms with Crippen molar-refractivity contribution in [1.82, 2.24) is 9.91 Å². The Labute approximate surface area is 240 Å². The van der Waals surface area contributed by atoms with Crippen molar-refractivity contribution >= 4 is 29.6 Å². The molecule has 1 heterocycles. The number of amides is 3. The van der Waals surface area contributed by atoms with Gasteiger partial charge in [-0.15, -0.1) is 0 Å². The Morgan fingerprint density at radius 2 is 1.32 bits per heavy atom. The molecular weight excluding hydrogens is 522 g/mol. The summed E-state index contributed by atoms with van der Waals surface area (Å²) in [6.07, 6.45) is -0.398. The molecule has 4 rings (SSSR count). The van der Waals surface area contributed by atoms with Crippen molar-refractivity contribution in [2.45, 2.75) is 39.4 Å². The van der Waals surface area contributed by atoms with Gasteiger partial charge in [-0.1, -0.05) is 78.9 Å². The van der Waals surface area contributed by atoms with Crippen LogP contribution >= 0.6 is 0 Å². The lowest BCUT2D eigenvalue weighted by Crippen LogP contribution is -2.66. The van der Waals surface area contributed by atoms with Gasteiger partial charge in [0.05, 0.1) is 12.2 Å². The van der Waals surface area contributed by atoms with Crippen molar-refractivity contribution in [3.05, 3.63) is 102 Å². The first-order valence-electron chi connectivity index (χ1n) is 13.5. The van der Waals surface area contributed by atoms with E-state index in [0.717, 1.165) is 16.1 Å². The standard InChI is InChI=1S/C32H35N3O6/c1-32(2,3)41-28(36)22-33(31(39)40-23-25-15-9-5-10-16-25)19-20-34(26-17-11-6-12-18-26)35-29(37)27(30(35)38)21-24-13-7-4-8-14-24/h4-18,27H,19-23H2,1-3H3. The molecule has 0 atom stereocenters. The van der Waals surface area contributed by atoms with Crippen LogP contribution < -0.4 is 5.01 Å². The van der Waals surface area contributed by atoms with E-state index in [9.17, 15) is 19.2 Å². The van der Waals surface area contributed by atoms with Crippen molar-refractivity contribution < 1.29 is 28.7 Å². The number of imide groups is 1. The molecule has 0 saturated carbocycles. The van der Waals surface area contributed by atoms with Crippen LogP contribution in [0.3, 0.4) is 0 Å². The summed E-state index contributed by atoms with van der Waals surface area (Å²) in [5.74, 6) is -2.03. The molecule has 1 aliphatic rings. The summed E-state index contributed by atoms with van der Waals surface area (Å²) in [6, 6.07) is 27.6. The van der Waals surface area contributed by atoms with Crippen LogP contribution in [0.4, 0.5) is 10.5 Å². The summed E-state index contributed by atoms with van der Waals surface area (Å²) < 4.78 is 10.9. The predicted molar refractivity (Wildman–Crippen MR) is 153 cm³/mol. The number of carbonyl (C=O) groups is 4. The van der Waals surface area contributed by atoms with Gasteiger partial charge in [-0.25, -0.2) is 4.79 Å². The molecule has 0 N–H and O–H groups in total. The number of nitrogens with zero attached hydrogens (tertiary/aromatic N) is 3. The number of benzene rings is 3. The van der Waals surface area contributed by atoms with E-state index < -0.39 is 23.6 Å². The molecule has 9 heteroatoms. The molecule has 0 unspecified atom stereocenters. The molecule has 3 aromatic carbocycles. The first-order chi connectivity index (χ1) is 19.6. The second-order valence-corrected chi connectivity index (χ2v) is 10.7. The summed E-state index contributed by atoms with van der Waals surface area (Å²) in [5.41, 5.74) is 1.55. The Kier molecular flexibility index (Phi) is 9.39. The lowest BCUT2D eigenvalue weighted by atomic mass is 9.91. The quantitative estimate of drug-likeness (QED) is 0.193. The minimum Gasteiger partial charge on any atom is -0.459 e. The Morgan fingerprint density at radius 1 is 0.780 bits per heavy atom. The highest BCUT2D eigenvalue weighted by atomic mass is 16.6. The molecule has 1 aliphatic heterocycles. The first-order valence-corrected chi connectivity index (χ1v) is 13.5. The molecule has 0 aromatic heterocycles. The van der Waals surface area contributed by atoms with Crippen LogP contribution in [0.2, 0.25) is 0 Å². The number of β-lactam (4-membered cyclic amide) rings is 2. The largest absolute Gasteiger partial charge is 0.459 e. The highest BCUT2D eigenvalue weighted by Crippen LogP contribution is 2.29. The van der Waals surface area contributed by atoms with Crippen LogP contribution in [0.15, 0.2) is 91.0 Å². The maximum atomic E-state index is 13.2. The van der Waals surface area contributed by atoms with Crippen LogP contribution in [0.25, 0.3) is 0 Å². The van der Waals surface area contributed by atoms with E-state index in [1.807, 2.05) is 66.7 Å². The average Bonchev–Trinajstić information content (AvgIpc) is 2.96. The van der Waals surface area contributed by atoms with E-state index in [2.05, 4.69) is 0 Å². The van der Waals surface area contributed by atoms with E-state index in [1.54, 1.807) is 50.0 Å². The maximum absolute atomic E-state index is 13.2. The van der Waals surface area contributed by atoms with Gasteiger partial charge in [-0.2, -0.15) is 5.01 Å². The molecular formula is C32H35N3O6. The molecule has 0 aliphatic carbocycles. The first kappa shape index (κ1) is 29.3. The van der Waals surface area contributed by atoms with Crippen LogP contribution in [0, 0.1) is 5.92 Å². The second-order valence-electron chi connectivity index (χ2n) is 10.7. The molecule has 3 aromatic rings. The van der Waals surface area contributed by atoms with E-state index in [-0.39, 0.29) is 38.1 Å². The summed E-state index contributed by atoms with van der Waals surface area (Å²) in [4.78, 5) is 53.5. The summed E-state index contributed by atoms with van der Waals surface area (Å²) >= 11 is 0. The lowest BCUT2D eigenvalue weighted by Gasteiger charge is -2.44. The third kappa shape index (κ3) is 7.94. The van der Waals surface area contributed by atoms with Gasteiger partial charge < -0.3 is 9.47 Å². The summed E-state index contributed by atoms with van der Waals surface area (Å²) in [5, 5.41) is 2.66. The van der Waals surface area contributed by atoms with Crippen LogP contribution in [-0.2, 0) is 36.9 Å². The fourth-order valence-electron chi connectivity index (χ4n) is 4.44. The number of carbonyl (C=O) groups excluding carboxylic acids is 4. The fourth-order valence-corrected chi connectivity index (χ4v) is 4.44. The van der Waals surface area contributed by atoms with Gasteiger partial charge >= 0.3 is 12.1 Å². The number of hydrogen-bond acceptors (Lipinski definition) is 7. The lowest BCUT2D eigenvalue weighted by molar-refractivity contribution is -0.167.